The molecule has 1 aromatic carbocycles. The molecular weight excluding hydrogens is 426 g/mol. The van der Waals surface area contributed by atoms with Crippen LogP contribution in [0, 0.1) is 13.8 Å². The second-order valence-electron chi connectivity index (χ2n) is 8.28. The molecule has 2 heterocycles. The van der Waals surface area contributed by atoms with Crippen molar-refractivity contribution in [1.82, 2.24) is 19.7 Å². The number of hydrogen-bond donors (Lipinski definition) is 3. The lowest BCUT2D eigenvalue weighted by Crippen LogP contribution is -2.38. The molecule has 9 heteroatoms. The molecule has 4 rings (SSSR count). The number of hydrogen-bond acceptors (Lipinski definition) is 7. The molecule has 1 saturated carbocycles. The van der Waals surface area contributed by atoms with E-state index in [-0.39, 0.29) is 17.0 Å². The molecule has 1 aliphatic carbocycles. The highest BCUT2D eigenvalue weighted by atomic mass is 32.2. The summed E-state index contributed by atoms with van der Waals surface area (Å²) in [6.07, 6.45) is 5.35. The molecule has 0 bridgehead atoms. The summed E-state index contributed by atoms with van der Waals surface area (Å²) in [5.74, 6) is 0.293. The monoisotopic (exact) mass is 453 g/mol. The molecule has 168 valence electrons. The fourth-order valence-corrected chi connectivity index (χ4v) is 5.29. The Labute approximate surface area is 188 Å². The lowest BCUT2D eigenvalue weighted by Gasteiger charge is -2.26. The van der Waals surface area contributed by atoms with Crippen molar-refractivity contribution in [2.24, 2.45) is 0 Å². The number of pyridine rings is 1. The van der Waals surface area contributed by atoms with Gasteiger partial charge in [-0.05, 0) is 69.4 Å². The Morgan fingerprint density at radius 1 is 1.06 bits per heavy atom. The minimum absolute atomic E-state index is 0.171. The molecular formula is C23H27N5O3S. The van der Waals surface area contributed by atoms with Crippen LogP contribution in [-0.2, 0) is 10.0 Å². The number of anilines is 1. The number of aromatic nitrogens is 3. The van der Waals surface area contributed by atoms with Crippen LogP contribution in [0.2, 0.25) is 0 Å². The highest BCUT2D eigenvalue weighted by molar-refractivity contribution is 7.89. The summed E-state index contributed by atoms with van der Waals surface area (Å²) in [5, 5.41) is 9.67. The largest absolute Gasteiger partial charge is 0.393 e. The van der Waals surface area contributed by atoms with Crippen LogP contribution < -0.4 is 10.5 Å². The van der Waals surface area contributed by atoms with E-state index in [9.17, 15) is 13.5 Å². The van der Waals surface area contributed by atoms with Crippen molar-refractivity contribution in [3.63, 3.8) is 0 Å². The first-order chi connectivity index (χ1) is 15.2. The van der Waals surface area contributed by atoms with Gasteiger partial charge >= 0.3 is 0 Å². The van der Waals surface area contributed by atoms with Gasteiger partial charge in [-0.2, -0.15) is 0 Å². The van der Waals surface area contributed by atoms with Crippen LogP contribution in [0.3, 0.4) is 0 Å². The Hall–Kier alpha value is -2.88. The predicted octanol–water partition coefficient (Wildman–Crippen LogP) is 2.99. The zero-order valence-corrected chi connectivity index (χ0v) is 18.9. The third-order valence-electron chi connectivity index (χ3n) is 5.78. The van der Waals surface area contributed by atoms with Gasteiger partial charge in [-0.3, -0.25) is 4.98 Å². The van der Waals surface area contributed by atoms with Gasteiger partial charge in [0.2, 0.25) is 10.0 Å². The summed E-state index contributed by atoms with van der Waals surface area (Å²) in [4.78, 5) is 13.4. The smallest absolute Gasteiger partial charge is 0.240 e. The SMILES string of the molecule is Cc1cc(-c2nc(-c3cc(S(=O)(=O)N[C@H]4CC[C@@H](O)CC4)ccc3C)cnc2N)ccn1. The summed E-state index contributed by atoms with van der Waals surface area (Å²) in [5.41, 5.74) is 10.3. The number of benzene rings is 1. The Morgan fingerprint density at radius 2 is 1.81 bits per heavy atom. The number of aliphatic hydroxyl groups is 1. The molecule has 0 atom stereocenters. The van der Waals surface area contributed by atoms with Crippen molar-refractivity contribution in [2.45, 2.75) is 56.6 Å². The molecule has 0 radical (unpaired) electrons. The summed E-state index contributed by atoms with van der Waals surface area (Å²) in [7, 11) is -3.71. The van der Waals surface area contributed by atoms with E-state index in [0.29, 0.717) is 48.5 Å². The molecule has 0 saturated heterocycles. The average Bonchev–Trinajstić information content (AvgIpc) is 2.76. The first-order valence-corrected chi connectivity index (χ1v) is 12.1. The Morgan fingerprint density at radius 3 is 2.53 bits per heavy atom. The Kier molecular flexibility index (Phi) is 6.23. The van der Waals surface area contributed by atoms with Crippen molar-refractivity contribution in [2.75, 3.05) is 5.73 Å². The Balaban J connectivity index is 1.68. The van der Waals surface area contributed by atoms with E-state index in [4.69, 9.17) is 10.7 Å². The maximum Gasteiger partial charge on any atom is 0.240 e. The molecule has 2 aromatic heterocycles. The molecule has 4 N–H and O–H groups in total. The fraction of sp³-hybridized carbons (Fsp3) is 0.348. The van der Waals surface area contributed by atoms with Gasteiger partial charge in [0.05, 0.1) is 22.9 Å². The van der Waals surface area contributed by atoms with Gasteiger partial charge in [0.15, 0.2) is 0 Å². The molecule has 1 fully saturated rings. The number of nitrogen functional groups attached to an aromatic ring is 1. The van der Waals surface area contributed by atoms with Crippen LogP contribution in [0.25, 0.3) is 22.5 Å². The molecule has 1 aliphatic rings. The molecule has 0 unspecified atom stereocenters. The van der Waals surface area contributed by atoms with Gasteiger partial charge in [0.25, 0.3) is 0 Å². The maximum atomic E-state index is 13.0. The third-order valence-corrected chi connectivity index (χ3v) is 7.30. The van der Waals surface area contributed by atoms with E-state index in [0.717, 1.165) is 16.8 Å². The normalized spacial score (nSPS) is 19.1. The van der Waals surface area contributed by atoms with Gasteiger partial charge in [0, 0.05) is 29.1 Å². The molecule has 3 aromatic rings. The second-order valence-corrected chi connectivity index (χ2v) is 9.99. The Bertz CT molecular complexity index is 1240. The number of rotatable bonds is 5. The highest BCUT2D eigenvalue weighted by Gasteiger charge is 2.25. The van der Waals surface area contributed by atoms with Crippen LogP contribution >= 0.6 is 0 Å². The van der Waals surface area contributed by atoms with Crippen LogP contribution in [-0.4, -0.2) is 40.6 Å². The molecule has 0 spiro atoms. The van der Waals surface area contributed by atoms with E-state index < -0.39 is 10.0 Å². The summed E-state index contributed by atoms with van der Waals surface area (Å²) in [6.45, 7) is 3.78. The van der Waals surface area contributed by atoms with Crippen molar-refractivity contribution in [1.29, 1.82) is 0 Å². The quantitative estimate of drug-likeness (QED) is 0.541. The number of aryl methyl sites for hydroxylation is 2. The van der Waals surface area contributed by atoms with E-state index in [1.165, 1.54) is 0 Å². The number of aliphatic hydroxyl groups excluding tert-OH is 1. The van der Waals surface area contributed by atoms with Crippen molar-refractivity contribution >= 4 is 15.8 Å². The topological polar surface area (TPSA) is 131 Å². The van der Waals surface area contributed by atoms with Gasteiger partial charge in [0.1, 0.15) is 11.5 Å². The zero-order chi connectivity index (χ0) is 22.9. The summed E-state index contributed by atoms with van der Waals surface area (Å²) in [6, 6.07) is 8.50. The summed E-state index contributed by atoms with van der Waals surface area (Å²) >= 11 is 0. The minimum atomic E-state index is -3.71. The fourth-order valence-electron chi connectivity index (χ4n) is 3.96. The van der Waals surface area contributed by atoms with E-state index in [1.807, 2.05) is 26.0 Å². The predicted molar refractivity (Wildman–Crippen MR) is 123 cm³/mol. The maximum absolute atomic E-state index is 13.0. The van der Waals surface area contributed by atoms with Crippen LogP contribution in [0.5, 0.6) is 0 Å². The van der Waals surface area contributed by atoms with Crippen molar-refractivity contribution in [3.8, 4) is 22.5 Å². The molecule has 0 amide bonds. The second kappa shape index (κ2) is 8.93. The van der Waals surface area contributed by atoms with Crippen molar-refractivity contribution < 1.29 is 13.5 Å². The zero-order valence-electron chi connectivity index (χ0n) is 18.1. The van der Waals surface area contributed by atoms with E-state index in [2.05, 4.69) is 14.7 Å². The van der Waals surface area contributed by atoms with Gasteiger partial charge in [-0.1, -0.05) is 6.07 Å². The van der Waals surface area contributed by atoms with Gasteiger partial charge in [-0.25, -0.2) is 23.1 Å². The minimum Gasteiger partial charge on any atom is -0.393 e. The third kappa shape index (κ3) is 4.79. The number of nitrogens with two attached hydrogens (primary N) is 1. The van der Waals surface area contributed by atoms with Crippen LogP contribution in [0.15, 0.2) is 47.6 Å². The molecule has 0 aliphatic heterocycles. The van der Waals surface area contributed by atoms with Crippen LogP contribution in [0.4, 0.5) is 5.82 Å². The lowest BCUT2D eigenvalue weighted by molar-refractivity contribution is 0.120. The summed E-state index contributed by atoms with van der Waals surface area (Å²) < 4.78 is 28.8. The first kappa shape index (κ1) is 22.3. The van der Waals surface area contributed by atoms with E-state index >= 15 is 0 Å². The highest BCUT2D eigenvalue weighted by Crippen LogP contribution is 2.30. The number of sulfonamides is 1. The average molecular weight is 454 g/mol. The number of nitrogens with one attached hydrogen (secondary N) is 1. The van der Waals surface area contributed by atoms with Crippen LogP contribution in [0.1, 0.15) is 36.9 Å². The van der Waals surface area contributed by atoms with E-state index in [1.54, 1.807) is 30.6 Å². The van der Waals surface area contributed by atoms with Gasteiger partial charge < -0.3 is 10.8 Å². The first-order valence-electron chi connectivity index (χ1n) is 10.6. The standard InChI is InChI=1S/C23H27N5O3S/c1-14-3-8-19(32(30,31)28-17-4-6-18(29)7-5-17)12-20(14)21-13-26-23(24)22(27-21)16-9-10-25-15(2)11-16/h3,8-13,17-18,28-29H,4-7H2,1-2H3,(H2,24,26)/t17-,18+. The number of nitrogens with zero attached hydrogens (tertiary/aromatic N) is 3. The molecule has 32 heavy (non-hydrogen) atoms. The van der Waals surface area contributed by atoms with Gasteiger partial charge in [-0.15, -0.1) is 0 Å². The van der Waals surface area contributed by atoms with Crippen molar-refractivity contribution in [3.05, 3.63) is 54.0 Å². The lowest BCUT2D eigenvalue weighted by atomic mass is 9.94. The molecule has 8 nitrogen and oxygen atoms in total.